The maximum atomic E-state index is 15.2. The molecule has 66 heavy (non-hydrogen) atoms. The predicted molar refractivity (Wildman–Crippen MR) is 251 cm³/mol. The minimum absolute atomic E-state index is 0.00696. The Balaban J connectivity index is 1.13. The molecule has 2 aliphatic heterocycles. The number of benzene rings is 1. The fraction of sp³-hybridized carbons (Fsp3) is 0.700. The number of para-hydroxylation sites is 1. The quantitative estimate of drug-likeness (QED) is 0.0985. The number of unbranched alkanes of at least 4 members (excludes halogenated alkanes) is 2. The molecule has 1 saturated heterocycles. The molecule has 4 aliphatic carbocycles. The molecule has 2 bridgehead atoms. The van der Waals surface area contributed by atoms with Gasteiger partial charge in [0.2, 0.25) is 27.7 Å². The molecular weight excluding hydrogens is 861 g/mol. The van der Waals surface area contributed by atoms with Gasteiger partial charge in [-0.3, -0.25) is 19.1 Å². The summed E-state index contributed by atoms with van der Waals surface area (Å²) in [5, 5.41) is 10.3. The van der Waals surface area contributed by atoms with Gasteiger partial charge < -0.3 is 35.1 Å². The van der Waals surface area contributed by atoms with Gasteiger partial charge in [-0.05, 0) is 108 Å². The summed E-state index contributed by atoms with van der Waals surface area (Å²) in [5.74, 6) is -1.52. The van der Waals surface area contributed by atoms with Gasteiger partial charge in [0, 0.05) is 29.2 Å². The number of alkyl carbamates (subject to hydrolysis) is 1. The fourth-order valence-electron chi connectivity index (χ4n) is 10.7. The third-order valence-electron chi connectivity index (χ3n) is 15.5. The normalized spacial score (nSPS) is 28.3. The Morgan fingerprint density at radius 1 is 1.05 bits per heavy atom. The number of sulfonamides is 1. The first kappa shape index (κ1) is 48.0. The van der Waals surface area contributed by atoms with E-state index in [2.05, 4.69) is 27.3 Å². The van der Waals surface area contributed by atoms with Crippen LogP contribution in [0.25, 0.3) is 10.9 Å². The van der Waals surface area contributed by atoms with Crippen LogP contribution in [0.5, 0.6) is 11.6 Å². The molecule has 3 heterocycles. The van der Waals surface area contributed by atoms with Crippen LogP contribution in [0, 0.1) is 23.2 Å². The Kier molecular flexibility index (Phi) is 14.9. The first-order chi connectivity index (χ1) is 31.7. The molecule has 3 unspecified atom stereocenters. The third kappa shape index (κ3) is 11.0. The number of rotatable bonds is 17. The van der Waals surface area contributed by atoms with Gasteiger partial charge in [0.15, 0.2) is 0 Å². The number of aromatic nitrogens is 1. The number of hydrogen-bond acceptors (Lipinski definition) is 11. The molecular formula is C50H72N6O9S. The number of fused-ring (bicyclic) bond motifs is 4. The fourth-order valence-corrected chi connectivity index (χ4v) is 11.9. The Hall–Kier alpha value is -4.44. The van der Waals surface area contributed by atoms with Crippen molar-refractivity contribution in [2.45, 2.75) is 172 Å². The molecule has 1 aromatic carbocycles. The van der Waals surface area contributed by atoms with Crippen molar-refractivity contribution in [1.82, 2.24) is 30.6 Å². The summed E-state index contributed by atoms with van der Waals surface area (Å²) < 4.78 is 48.1. The average Bonchev–Trinajstić information content (AvgIpc) is 4.27. The highest BCUT2D eigenvalue weighted by atomic mass is 32.2. The maximum absolute atomic E-state index is 15.2. The molecule has 2 aromatic rings. The lowest BCUT2D eigenvalue weighted by atomic mass is 9.83. The highest BCUT2D eigenvalue weighted by Gasteiger charge is 2.72. The van der Waals surface area contributed by atoms with Crippen molar-refractivity contribution < 1.29 is 41.8 Å². The number of hydrogen-bond donors (Lipinski definition) is 4. The smallest absolute Gasteiger partial charge is 0.408 e. The Labute approximate surface area is 390 Å². The minimum atomic E-state index is -4.02. The van der Waals surface area contributed by atoms with E-state index in [4.69, 9.17) is 19.2 Å². The average molecular weight is 933 g/mol. The van der Waals surface area contributed by atoms with Gasteiger partial charge in [-0.2, -0.15) is 0 Å². The molecule has 1 aromatic heterocycles. The molecule has 5 fully saturated rings. The van der Waals surface area contributed by atoms with Crippen LogP contribution < -0.4 is 30.1 Å². The van der Waals surface area contributed by atoms with Crippen LogP contribution in [0.3, 0.4) is 0 Å². The number of nitrogens with zero attached hydrogens (tertiary/aromatic N) is 2. The van der Waals surface area contributed by atoms with Crippen molar-refractivity contribution in [3.05, 3.63) is 42.5 Å². The molecule has 0 radical (unpaired) electrons. The van der Waals surface area contributed by atoms with Crippen molar-refractivity contribution in [1.29, 1.82) is 0 Å². The summed E-state index contributed by atoms with van der Waals surface area (Å²) in [5.41, 5.74) is -0.202. The van der Waals surface area contributed by atoms with E-state index >= 15 is 4.79 Å². The second-order valence-corrected chi connectivity index (χ2v) is 22.2. The topological polar surface area (TPSA) is 194 Å². The van der Waals surface area contributed by atoms with Crippen molar-refractivity contribution in [2.75, 3.05) is 25.4 Å². The molecule has 16 heteroatoms. The lowest BCUT2D eigenvalue weighted by Gasteiger charge is -2.37. The standard InChI is InChI=1S/C50H72N6O9S/c1-5-7-15-27-66(61,62)55-47(59)49(4,32(3)6-2)54-44(57)40-28-36-31-56(40)46(58)42(33-17-9-8-10-18-33)53-48(60)65-41-30-50(41)29-34(50)19-11-12-21-38-43(63-26-16-25-51-35-23-24-35)37-20-13-14-22-39(37)52-45(38)64-36/h6,13-14,20,22,32-36,40-42,51H,2,5,7-12,15-19,21,23-31H2,1,3-4H3,(H,53,60)(H,54,57)(H,55,59)/t32-,34?,36+,40-,41+,42-,49?,50?/m0/s1. The van der Waals surface area contributed by atoms with Crippen LogP contribution in [0.1, 0.15) is 135 Å². The van der Waals surface area contributed by atoms with E-state index in [-0.39, 0.29) is 36.2 Å². The van der Waals surface area contributed by atoms with Crippen LogP contribution in [0.4, 0.5) is 4.79 Å². The van der Waals surface area contributed by atoms with Crippen LogP contribution in [0.15, 0.2) is 36.9 Å². The Morgan fingerprint density at radius 3 is 2.58 bits per heavy atom. The van der Waals surface area contributed by atoms with Gasteiger partial charge >= 0.3 is 6.09 Å². The van der Waals surface area contributed by atoms with Gasteiger partial charge in [-0.1, -0.05) is 70.6 Å². The summed E-state index contributed by atoms with van der Waals surface area (Å²) in [4.78, 5) is 64.5. The number of pyridine rings is 1. The number of carbonyl (C=O) groups is 4. The summed E-state index contributed by atoms with van der Waals surface area (Å²) in [6.07, 6.45) is 14.7. The van der Waals surface area contributed by atoms with E-state index in [1.807, 2.05) is 31.2 Å². The van der Waals surface area contributed by atoms with Gasteiger partial charge in [0.05, 0.1) is 30.0 Å². The van der Waals surface area contributed by atoms with Crippen molar-refractivity contribution >= 4 is 44.7 Å². The van der Waals surface area contributed by atoms with Crippen molar-refractivity contribution in [3.63, 3.8) is 0 Å². The van der Waals surface area contributed by atoms with Gasteiger partial charge in [0.1, 0.15) is 35.6 Å². The lowest BCUT2D eigenvalue weighted by Crippen LogP contribution is -2.64. The van der Waals surface area contributed by atoms with Gasteiger partial charge in [-0.25, -0.2) is 18.2 Å². The Morgan fingerprint density at radius 2 is 1.82 bits per heavy atom. The molecule has 4 N–H and O–H groups in total. The van der Waals surface area contributed by atoms with Gasteiger partial charge in [0.25, 0.3) is 5.91 Å². The van der Waals surface area contributed by atoms with E-state index in [0.717, 1.165) is 100 Å². The molecule has 8 rings (SSSR count). The molecule has 6 aliphatic rings. The number of nitrogens with one attached hydrogen (secondary N) is 4. The van der Waals surface area contributed by atoms with E-state index in [1.54, 1.807) is 6.92 Å². The monoisotopic (exact) mass is 933 g/mol. The second kappa shape index (κ2) is 20.4. The van der Waals surface area contributed by atoms with Gasteiger partial charge in [-0.15, -0.1) is 6.58 Å². The summed E-state index contributed by atoms with van der Waals surface area (Å²) in [7, 11) is -4.02. The van der Waals surface area contributed by atoms with Crippen LogP contribution in [0.2, 0.25) is 0 Å². The minimum Gasteiger partial charge on any atom is -0.492 e. The van der Waals surface area contributed by atoms with E-state index in [1.165, 1.54) is 30.7 Å². The zero-order chi connectivity index (χ0) is 46.6. The zero-order valence-electron chi connectivity index (χ0n) is 39.2. The van der Waals surface area contributed by atoms with Crippen LogP contribution >= 0.6 is 0 Å². The SMILES string of the molecule is C=C[C@H](C)C(C)(NC(=O)[C@@H]1C[C@@H]2CN1C(=O)[C@H](C1CCCCC1)NC(=O)O[C@@H]1CC13CC3CCCCc1c(nc3ccccc3c1OCCCNC1CC1)O2)C(=O)NS(=O)(=O)CCCCC. The van der Waals surface area contributed by atoms with Crippen LogP contribution in [-0.2, 0) is 35.6 Å². The first-order valence-electron chi connectivity index (χ1n) is 25.0. The van der Waals surface area contributed by atoms with Crippen molar-refractivity contribution in [3.8, 4) is 11.6 Å². The third-order valence-corrected chi connectivity index (χ3v) is 16.8. The second-order valence-electron chi connectivity index (χ2n) is 20.3. The molecule has 15 nitrogen and oxygen atoms in total. The molecule has 8 atom stereocenters. The largest absolute Gasteiger partial charge is 0.492 e. The summed E-state index contributed by atoms with van der Waals surface area (Å²) >= 11 is 0. The van der Waals surface area contributed by atoms with Crippen LogP contribution in [-0.4, -0.2) is 103 Å². The lowest BCUT2D eigenvalue weighted by molar-refractivity contribution is -0.143. The van der Waals surface area contributed by atoms with E-state index in [9.17, 15) is 22.8 Å². The Bertz CT molecular complexity index is 2230. The summed E-state index contributed by atoms with van der Waals surface area (Å²) in [6.45, 7) is 10.3. The number of amides is 4. The molecule has 362 valence electrons. The molecule has 4 amide bonds. The maximum Gasteiger partial charge on any atom is 0.408 e. The van der Waals surface area contributed by atoms with E-state index in [0.29, 0.717) is 49.2 Å². The molecule has 4 saturated carbocycles. The highest BCUT2D eigenvalue weighted by molar-refractivity contribution is 7.90. The summed E-state index contributed by atoms with van der Waals surface area (Å²) in [6, 6.07) is 6.35. The van der Waals surface area contributed by atoms with Crippen molar-refractivity contribution in [2.24, 2.45) is 23.2 Å². The first-order valence-corrected chi connectivity index (χ1v) is 26.6. The number of carbonyl (C=O) groups excluding carboxylic acids is 4. The molecule has 1 spiro atoms. The zero-order valence-corrected chi connectivity index (χ0v) is 40.1. The van der Waals surface area contributed by atoms with E-state index < -0.39 is 63.5 Å². The number of ether oxygens (including phenoxy) is 3. The highest BCUT2D eigenvalue weighted by Crippen LogP contribution is 2.73. The predicted octanol–water partition coefficient (Wildman–Crippen LogP) is 6.62.